The Hall–Kier alpha value is -2.05. The number of aryl methyl sites for hydroxylation is 1. The molecule has 2 N–H and O–H groups in total. The van der Waals surface area contributed by atoms with E-state index in [1.165, 1.54) is 12.8 Å². The van der Waals surface area contributed by atoms with Crippen LogP contribution in [-0.2, 0) is 13.0 Å². The van der Waals surface area contributed by atoms with E-state index >= 15 is 0 Å². The van der Waals surface area contributed by atoms with Gasteiger partial charge in [-0.2, -0.15) is 0 Å². The fraction of sp³-hybridized carbons (Fsp3) is 0.583. The molecule has 3 heterocycles. The molecule has 0 saturated heterocycles. The minimum Gasteiger partial charge on any atom is -0.478 e. The van der Waals surface area contributed by atoms with Crippen LogP contribution >= 0.6 is 0 Å². The first-order chi connectivity index (χ1) is 9.20. The van der Waals surface area contributed by atoms with Gasteiger partial charge in [-0.05, 0) is 19.8 Å². The first kappa shape index (κ1) is 12.0. The number of ether oxygens (including phenoxy) is 1. The van der Waals surface area contributed by atoms with Crippen LogP contribution < -0.4 is 10.5 Å². The minimum atomic E-state index is -0.00875. The van der Waals surface area contributed by atoms with Crippen LogP contribution in [0.15, 0.2) is 6.20 Å². The van der Waals surface area contributed by atoms with Crippen LogP contribution in [-0.4, -0.2) is 31.7 Å². The molecule has 0 aromatic carbocycles. The van der Waals surface area contributed by atoms with E-state index < -0.39 is 0 Å². The maximum Gasteiger partial charge on any atom is 0.256 e. The molecular weight excluding hydrogens is 244 g/mol. The summed E-state index contributed by atoms with van der Waals surface area (Å²) in [4.78, 5) is 0. The van der Waals surface area contributed by atoms with Gasteiger partial charge in [-0.25, -0.2) is 0 Å². The summed E-state index contributed by atoms with van der Waals surface area (Å²) in [7, 11) is 1.56. The van der Waals surface area contributed by atoms with Crippen molar-refractivity contribution in [1.29, 1.82) is 0 Å². The zero-order chi connectivity index (χ0) is 13.4. The van der Waals surface area contributed by atoms with Gasteiger partial charge < -0.3 is 15.0 Å². The Balaban J connectivity index is 1.94. The van der Waals surface area contributed by atoms with Crippen molar-refractivity contribution in [3.05, 3.63) is 17.8 Å². The topological polar surface area (TPSA) is 83.8 Å². The number of nitrogens with two attached hydrogens (primary N) is 1. The lowest BCUT2D eigenvalue weighted by Gasteiger charge is -2.18. The highest BCUT2D eigenvalue weighted by Gasteiger charge is 2.22. The monoisotopic (exact) mass is 262 g/mol. The quantitative estimate of drug-likeness (QED) is 0.892. The zero-order valence-electron chi connectivity index (χ0n) is 11.2. The zero-order valence-corrected chi connectivity index (χ0v) is 11.2. The molecule has 0 saturated carbocycles. The van der Waals surface area contributed by atoms with E-state index in [0.717, 1.165) is 24.6 Å². The molecule has 1 aliphatic heterocycles. The van der Waals surface area contributed by atoms with Gasteiger partial charge in [0.2, 0.25) is 0 Å². The van der Waals surface area contributed by atoms with Crippen LogP contribution in [0.3, 0.4) is 0 Å². The van der Waals surface area contributed by atoms with E-state index in [9.17, 15) is 0 Å². The summed E-state index contributed by atoms with van der Waals surface area (Å²) in [6.07, 6.45) is 5.14. The molecule has 0 fully saturated rings. The van der Waals surface area contributed by atoms with E-state index in [-0.39, 0.29) is 6.04 Å². The van der Waals surface area contributed by atoms with E-state index in [1.54, 1.807) is 18.0 Å². The Kier molecular flexibility index (Phi) is 2.88. The van der Waals surface area contributed by atoms with Crippen molar-refractivity contribution < 1.29 is 4.74 Å². The number of methoxy groups -OCH3 is 1. The summed E-state index contributed by atoms with van der Waals surface area (Å²) in [5.74, 6) is 2.45. The molecule has 19 heavy (non-hydrogen) atoms. The molecule has 0 radical (unpaired) electrons. The predicted octanol–water partition coefficient (Wildman–Crippen LogP) is 1.01. The second-order valence-electron chi connectivity index (χ2n) is 4.83. The van der Waals surface area contributed by atoms with E-state index in [4.69, 9.17) is 10.5 Å². The van der Waals surface area contributed by atoms with Gasteiger partial charge in [-0.15, -0.1) is 15.3 Å². The molecule has 2 aromatic heterocycles. The molecule has 0 amide bonds. The Bertz CT molecular complexity index is 587. The van der Waals surface area contributed by atoms with Crippen LogP contribution in [0.1, 0.15) is 37.5 Å². The summed E-state index contributed by atoms with van der Waals surface area (Å²) in [6.45, 7) is 3.02. The summed E-state index contributed by atoms with van der Waals surface area (Å²) < 4.78 is 9.08. The fourth-order valence-corrected chi connectivity index (χ4v) is 2.50. The number of anilines is 1. The molecule has 0 aliphatic carbocycles. The molecular formula is C12H18N6O. The molecule has 2 aromatic rings. The first-order valence-electron chi connectivity index (χ1n) is 6.51. The molecule has 0 bridgehead atoms. The van der Waals surface area contributed by atoms with Crippen LogP contribution in [0.2, 0.25) is 0 Å². The molecule has 7 heteroatoms. The molecule has 102 valence electrons. The molecule has 1 unspecified atom stereocenters. The van der Waals surface area contributed by atoms with Gasteiger partial charge in [0.1, 0.15) is 17.6 Å². The predicted molar refractivity (Wildman–Crippen MR) is 70.0 cm³/mol. The summed E-state index contributed by atoms with van der Waals surface area (Å²) in [5, 5.41) is 12.9. The Morgan fingerprint density at radius 2 is 2.21 bits per heavy atom. The van der Waals surface area contributed by atoms with Crippen molar-refractivity contribution in [2.24, 2.45) is 0 Å². The summed E-state index contributed by atoms with van der Waals surface area (Å²) in [6, 6.07) is -0.00875. The number of hydrogen-bond donors (Lipinski definition) is 1. The highest BCUT2D eigenvalue weighted by molar-refractivity contribution is 5.46. The summed E-state index contributed by atoms with van der Waals surface area (Å²) in [5.41, 5.74) is 6.36. The Morgan fingerprint density at radius 1 is 1.37 bits per heavy atom. The van der Waals surface area contributed by atoms with Crippen molar-refractivity contribution in [3.63, 3.8) is 0 Å². The SMILES string of the molecule is COc1nn(C(C)c2nnc3n2CCCC3)cc1N. The first-order valence-corrected chi connectivity index (χ1v) is 6.51. The van der Waals surface area contributed by atoms with Crippen molar-refractivity contribution in [2.45, 2.75) is 38.8 Å². The Labute approximate surface area is 111 Å². The molecule has 1 aliphatic rings. The van der Waals surface area contributed by atoms with Gasteiger partial charge in [-0.3, -0.25) is 4.68 Å². The third-order valence-electron chi connectivity index (χ3n) is 3.58. The maximum absolute atomic E-state index is 5.83. The van der Waals surface area contributed by atoms with Crippen LogP contribution in [0.25, 0.3) is 0 Å². The average Bonchev–Trinajstić information content (AvgIpc) is 3.01. The lowest BCUT2D eigenvalue weighted by atomic mass is 10.1. The number of nitrogen functional groups attached to an aromatic ring is 1. The number of fused-ring (bicyclic) bond motifs is 1. The van der Waals surface area contributed by atoms with E-state index in [1.807, 2.05) is 6.92 Å². The smallest absolute Gasteiger partial charge is 0.256 e. The highest BCUT2D eigenvalue weighted by atomic mass is 16.5. The largest absolute Gasteiger partial charge is 0.478 e. The molecule has 0 spiro atoms. The van der Waals surface area contributed by atoms with Gasteiger partial charge in [0.25, 0.3) is 5.88 Å². The van der Waals surface area contributed by atoms with Gasteiger partial charge in [0.15, 0.2) is 5.82 Å². The number of nitrogens with zero attached hydrogens (tertiary/aromatic N) is 5. The van der Waals surface area contributed by atoms with E-state index in [0.29, 0.717) is 11.6 Å². The second kappa shape index (κ2) is 4.56. The number of aromatic nitrogens is 5. The fourth-order valence-electron chi connectivity index (χ4n) is 2.50. The van der Waals surface area contributed by atoms with Crippen LogP contribution in [0.5, 0.6) is 5.88 Å². The van der Waals surface area contributed by atoms with Crippen LogP contribution in [0.4, 0.5) is 5.69 Å². The average molecular weight is 262 g/mol. The third kappa shape index (κ3) is 1.94. The van der Waals surface area contributed by atoms with Crippen molar-refractivity contribution >= 4 is 5.69 Å². The van der Waals surface area contributed by atoms with Gasteiger partial charge in [0, 0.05) is 13.0 Å². The normalized spacial score (nSPS) is 16.1. The van der Waals surface area contributed by atoms with Gasteiger partial charge >= 0.3 is 0 Å². The van der Waals surface area contributed by atoms with Crippen LogP contribution in [0, 0.1) is 0 Å². The maximum atomic E-state index is 5.83. The lowest BCUT2D eigenvalue weighted by Crippen LogP contribution is -2.18. The van der Waals surface area contributed by atoms with Gasteiger partial charge in [0.05, 0.1) is 13.3 Å². The third-order valence-corrected chi connectivity index (χ3v) is 3.58. The minimum absolute atomic E-state index is 0.00875. The Morgan fingerprint density at radius 3 is 2.95 bits per heavy atom. The van der Waals surface area contributed by atoms with Gasteiger partial charge in [-0.1, -0.05) is 0 Å². The number of rotatable bonds is 3. The molecule has 3 rings (SSSR count). The van der Waals surface area contributed by atoms with E-state index in [2.05, 4.69) is 19.9 Å². The summed E-state index contributed by atoms with van der Waals surface area (Å²) >= 11 is 0. The highest BCUT2D eigenvalue weighted by Crippen LogP contribution is 2.25. The standard InChI is InChI=1S/C12H18N6O/c1-8(18-7-9(13)12(16-18)19-2)11-15-14-10-5-3-4-6-17(10)11/h7-8H,3-6,13H2,1-2H3. The lowest BCUT2D eigenvalue weighted by molar-refractivity contribution is 0.382. The molecule has 7 nitrogen and oxygen atoms in total. The van der Waals surface area contributed by atoms with Crippen molar-refractivity contribution in [3.8, 4) is 5.88 Å². The van der Waals surface area contributed by atoms with Crippen molar-refractivity contribution in [1.82, 2.24) is 24.5 Å². The molecule has 1 atom stereocenters. The van der Waals surface area contributed by atoms with Crippen molar-refractivity contribution in [2.75, 3.05) is 12.8 Å². The number of hydrogen-bond acceptors (Lipinski definition) is 5. The second-order valence-corrected chi connectivity index (χ2v) is 4.83.